The lowest BCUT2D eigenvalue weighted by Crippen LogP contribution is -2.51. The van der Waals surface area contributed by atoms with E-state index in [0.717, 1.165) is 16.0 Å². The minimum absolute atomic E-state index is 0.00699. The van der Waals surface area contributed by atoms with E-state index in [1.165, 1.54) is 29.0 Å². The molecule has 462 valence electrons. The molecule has 0 saturated carbocycles. The Kier molecular flexibility index (Phi) is 22.5. The summed E-state index contributed by atoms with van der Waals surface area (Å²) < 4.78 is 29.2. The SMILES string of the molecule is CCc1c2c(nc3ccc(OC(=O)N(CCOCCOC(=O)NCCN(C)C)CCN(C)C(=O)OCc4ccc(NC(=O)CNC(=O)[C@@H](NC(=O)CCCCCN5C(=O)C=CC5=O)C(C)C)cc4)cc13)-c1cc3c(c(=O)n1C2)COC(=O)C3(O)CC. The molecule has 0 spiro atoms. The third-order valence-corrected chi connectivity index (χ3v) is 14.9. The number of pyridine rings is 2. The van der Waals surface area contributed by atoms with E-state index in [1.54, 1.807) is 73.9 Å². The fraction of sp³-hybridized carbons (Fsp3) is 0.483. The highest BCUT2D eigenvalue weighted by Gasteiger charge is 2.45. The predicted octanol–water partition coefficient (Wildman–Crippen LogP) is 3.70. The van der Waals surface area contributed by atoms with Gasteiger partial charge in [0, 0.05) is 87.1 Å². The van der Waals surface area contributed by atoms with Gasteiger partial charge in [-0.15, -0.1) is 0 Å². The number of unbranched alkanes of at least 4 members (excludes halogenated alkanes) is 2. The lowest BCUT2D eigenvalue weighted by Gasteiger charge is -2.31. The summed E-state index contributed by atoms with van der Waals surface area (Å²) in [5.41, 5.74) is 2.25. The molecule has 5 N–H and O–H groups in total. The number of aromatic nitrogens is 2. The monoisotopic (exact) mass is 1190 g/mol. The molecule has 0 radical (unpaired) electrons. The molecule has 7 rings (SSSR count). The number of nitrogens with zero attached hydrogens (tertiary/aromatic N) is 6. The number of esters is 1. The number of anilines is 1. The van der Waals surface area contributed by atoms with E-state index in [0.29, 0.717) is 72.3 Å². The molecule has 3 aliphatic rings. The number of ether oxygens (including phenoxy) is 5. The number of nitrogens with one attached hydrogen (secondary N) is 4. The first kappa shape index (κ1) is 64.8. The van der Waals surface area contributed by atoms with Crippen LogP contribution in [-0.2, 0) is 79.5 Å². The molecule has 3 aliphatic heterocycles. The van der Waals surface area contributed by atoms with Gasteiger partial charge in [-0.05, 0) is 93.2 Å². The van der Waals surface area contributed by atoms with Gasteiger partial charge >= 0.3 is 24.2 Å². The quantitative estimate of drug-likeness (QED) is 0.0197. The zero-order chi connectivity index (χ0) is 62.2. The summed E-state index contributed by atoms with van der Waals surface area (Å²) >= 11 is 0. The number of fused-ring (bicyclic) bond motifs is 5. The lowest BCUT2D eigenvalue weighted by atomic mass is 9.86. The van der Waals surface area contributed by atoms with Crippen LogP contribution in [0.25, 0.3) is 22.3 Å². The number of benzene rings is 2. The van der Waals surface area contributed by atoms with Crippen molar-refractivity contribution in [2.75, 3.05) is 92.1 Å². The van der Waals surface area contributed by atoms with E-state index in [4.69, 9.17) is 28.7 Å². The van der Waals surface area contributed by atoms with Crippen molar-refractivity contribution in [1.82, 2.24) is 45.1 Å². The van der Waals surface area contributed by atoms with Gasteiger partial charge in [0.25, 0.3) is 17.4 Å². The number of cyclic esters (lactones) is 1. The number of rotatable bonds is 29. The van der Waals surface area contributed by atoms with Gasteiger partial charge in [-0.25, -0.2) is 24.2 Å². The molecule has 1 unspecified atom stereocenters. The molecule has 2 aromatic carbocycles. The van der Waals surface area contributed by atoms with Gasteiger partial charge in [0.05, 0.1) is 48.8 Å². The van der Waals surface area contributed by atoms with Gasteiger partial charge in [0.15, 0.2) is 5.60 Å². The normalized spacial score (nSPS) is 15.2. The van der Waals surface area contributed by atoms with Gasteiger partial charge in [0.1, 0.15) is 31.6 Å². The topological polar surface area (TPSA) is 316 Å². The van der Waals surface area contributed by atoms with E-state index < -0.39 is 47.7 Å². The van der Waals surface area contributed by atoms with Crippen molar-refractivity contribution >= 4 is 70.4 Å². The van der Waals surface area contributed by atoms with Crippen molar-refractivity contribution in [2.45, 2.75) is 97.6 Å². The molecule has 0 bridgehead atoms. The molecule has 0 saturated heterocycles. The van der Waals surface area contributed by atoms with Crippen LogP contribution in [0, 0.1) is 5.92 Å². The van der Waals surface area contributed by atoms with E-state index in [-0.39, 0.29) is 131 Å². The van der Waals surface area contributed by atoms with Crippen LogP contribution in [0.15, 0.2) is 65.5 Å². The number of hydrogen-bond donors (Lipinski definition) is 5. The molecule has 8 amide bonds. The second kappa shape index (κ2) is 29.9. The number of hydrogen-bond acceptors (Lipinski definition) is 18. The first-order valence-electron chi connectivity index (χ1n) is 28.7. The molecular weight excluding hydrogens is 1120 g/mol. The van der Waals surface area contributed by atoms with Crippen LogP contribution < -0.4 is 31.6 Å². The standard InChI is InChI=1S/C60H76N10O16/c1-8-41-42-31-40(18-19-46(42)64-53-43(41)34-70-47(53)32-45-44(55(70)76)36-84-56(77)60(45,81)9-2)86-59(80)68(27-28-82-29-30-83-57(78)61-22-24-66(5)6)26-25-67(7)58(79)85-35-38-14-16-39(17-15-38)63-49(72)33-62-54(75)52(37(3)4)65-48(71)13-11-10-12-23-69-50(73)20-21-51(69)74/h14-21,31-32,37,52,81H,8-13,22-30,33-36H2,1-7H3,(H,61,78)(H,62,75)(H,63,72)(H,65,71)/t52-,60?/m0/s1. The van der Waals surface area contributed by atoms with Crippen LogP contribution in [0.3, 0.4) is 0 Å². The van der Waals surface area contributed by atoms with Crippen molar-refractivity contribution in [3.8, 4) is 17.1 Å². The number of carbonyl (C=O) groups is 9. The summed E-state index contributed by atoms with van der Waals surface area (Å²) in [5.74, 6) is -3.01. The Morgan fingerprint density at radius 3 is 2.26 bits per heavy atom. The maximum atomic E-state index is 14.0. The third kappa shape index (κ3) is 16.4. The number of aliphatic hydroxyl groups is 1. The van der Waals surface area contributed by atoms with Crippen LogP contribution in [0.2, 0.25) is 0 Å². The summed E-state index contributed by atoms with van der Waals surface area (Å²) in [4.78, 5) is 139. The second-order valence-corrected chi connectivity index (χ2v) is 21.6. The summed E-state index contributed by atoms with van der Waals surface area (Å²) in [5, 5.41) is 22.7. The maximum absolute atomic E-state index is 14.0. The Balaban J connectivity index is 0.907. The lowest BCUT2D eigenvalue weighted by molar-refractivity contribution is -0.172. The number of alkyl carbamates (subject to hydrolysis) is 1. The number of imide groups is 1. The van der Waals surface area contributed by atoms with Crippen LogP contribution in [-0.4, -0.2) is 181 Å². The Labute approximate surface area is 497 Å². The molecular formula is C60H76N10O16. The molecule has 0 fully saturated rings. The number of likely N-dealkylation sites (N-methyl/N-ethyl adjacent to an activating group) is 2. The number of amides is 8. The van der Waals surface area contributed by atoms with E-state index in [9.17, 15) is 53.1 Å². The summed E-state index contributed by atoms with van der Waals surface area (Å²) in [6.07, 6.45) is 2.69. The van der Waals surface area contributed by atoms with Crippen molar-refractivity contribution in [1.29, 1.82) is 0 Å². The van der Waals surface area contributed by atoms with Crippen LogP contribution in [0.1, 0.15) is 87.6 Å². The fourth-order valence-electron chi connectivity index (χ4n) is 9.92. The zero-order valence-corrected chi connectivity index (χ0v) is 49.6. The first-order valence-corrected chi connectivity index (χ1v) is 28.7. The molecule has 2 atom stereocenters. The molecule has 4 aromatic rings. The predicted molar refractivity (Wildman–Crippen MR) is 312 cm³/mol. The van der Waals surface area contributed by atoms with Gasteiger partial charge in [-0.2, -0.15) is 0 Å². The third-order valence-electron chi connectivity index (χ3n) is 14.9. The Bertz CT molecular complexity index is 3270. The van der Waals surface area contributed by atoms with Crippen LogP contribution in [0.4, 0.5) is 20.1 Å². The fourth-order valence-corrected chi connectivity index (χ4v) is 9.92. The van der Waals surface area contributed by atoms with Crippen LogP contribution >= 0.6 is 0 Å². The summed E-state index contributed by atoms with van der Waals surface area (Å²) in [7, 11) is 5.26. The summed E-state index contributed by atoms with van der Waals surface area (Å²) in [6.45, 7) is 7.87. The maximum Gasteiger partial charge on any atom is 0.415 e. The first-order chi connectivity index (χ1) is 41.1. The number of aryl methyl sites for hydroxylation is 1. The Morgan fingerprint density at radius 1 is 0.814 bits per heavy atom. The van der Waals surface area contributed by atoms with Crippen LogP contribution in [0.5, 0.6) is 5.75 Å². The average molecular weight is 1190 g/mol. The highest BCUT2D eigenvalue weighted by Crippen LogP contribution is 2.41. The average Bonchev–Trinajstić information content (AvgIpc) is 2.09. The van der Waals surface area contributed by atoms with Gasteiger partial charge in [-0.1, -0.05) is 46.2 Å². The highest BCUT2D eigenvalue weighted by molar-refractivity contribution is 6.12. The van der Waals surface area contributed by atoms with Gasteiger partial charge in [0.2, 0.25) is 17.7 Å². The molecule has 26 nitrogen and oxygen atoms in total. The second-order valence-electron chi connectivity index (χ2n) is 21.6. The van der Waals surface area contributed by atoms with Crippen molar-refractivity contribution in [3.05, 3.63) is 98.9 Å². The summed E-state index contributed by atoms with van der Waals surface area (Å²) in [6, 6.07) is 12.2. The largest absolute Gasteiger partial charge is 0.458 e. The van der Waals surface area contributed by atoms with E-state index in [1.807, 2.05) is 25.9 Å². The molecule has 26 heteroatoms. The Hall–Kier alpha value is -8.75. The minimum atomic E-state index is -1.98. The van der Waals surface area contributed by atoms with E-state index in [2.05, 4.69) is 21.3 Å². The molecule has 0 aliphatic carbocycles. The van der Waals surface area contributed by atoms with Crippen molar-refractivity contribution in [2.24, 2.45) is 5.92 Å². The molecule has 86 heavy (non-hydrogen) atoms. The smallest absolute Gasteiger partial charge is 0.415 e. The highest BCUT2D eigenvalue weighted by atomic mass is 16.6. The molecule has 2 aromatic heterocycles. The van der Waals surface area contributed by atoms with E-state index >= 15 is 0 Å². The molecule has 5 heterocycles. The number of carbonyl (C=O) groups excluding carboxylic acids is 9. The zero-order valence-electron chi connectivity index (χ0n) is 49.6. The van der Waals surface area contributed by atoms with Crippen molar-refractivity contribution < 1.29 is 71.9 Å². The Morgan fingerprint density at radius 2 is 1.56 bits per heavy atom. The minimum Gasteiger partial charge on any atom is -0.458 e. The van der Waals surface area contributed by atoms with Crippen molar-refractivity contribution in [3.63, 3.8) is 0 Å². The van der Waals surface area contributed by atoms with Gasteiger partial charge in [-0.3, -0.25) is 33.7 Å². The van der Waals surface area contributed by atoms with Gasteiger partial charge < -0.3 is 69.3 Å².